The lowest BCUT2D eigenvalue weighted by atomic mass is 10.1. The number of ether oxygens (including phenoxy) is 2. The monoisotopic (exact) mass is 531 g/mol. The van der Waals surface area contributed by atoms with Gasteiger partial charge in [0.15, 0.2) is 6.61 Å². The zero-order valence-electron chi connectivity index (χ0n) is 21.6. The number of carbonyl (C=O) groups excluding carboxylic acids is 2. The SMILES string of the molecule is CCCCCNC(=O)[C@H](C)N(Cc1ccccc1)C(=O)COc1ccc(S(=O)(=O)N2CCOCC2)cc1. The second-order valence-corrected chi connectivity index (χ2v) is 10.9. The van der Waals surface area contributed by atoms with Crippen molar-refractivity contribution in [3.8, 4) is 5.75 Å². The van der Waals surface area contributed by atoms with Crippen LogP contribution in [0.2, 0.25) is 0 Å². The molecule has 1 atom stereocenters. The smallest absolute Gasteiger partial charge is 0.261 e. The molecule has 37 heavy (non-hydrogen) atoms. The molecule has 2 aromatic rings. The summed E-state index contributed by atoms with van der Waals surface area (Å²) in [5, 5.41) is 2.92. The van der Waals surface area contributed by atoms with Gasteiger partial charge in [-0.25, -0.2) is 8.42 Å². The van der Waals surface area contributed by atoms with Crippen molar-refractivity contribution in [3.63, 3.8) is 0 Å². The van der Waals surface area contributed by atoms with Crippen molar-refractivity contribution in [2.24, 2.45) is 0 Å². The molecule has 0 spiro atoms. The zero-order valence-corrected chi connectivity index (χ0v) is 22.4. The van der Waals surface area contributed by atoms with Crippen molar-refractivity contribution < 1.29 is 27.5 Å². The lowest BCUT2D eigenvalue weighted by Crippen LogP contribution is -2.49. The third-order valence-electron chi connectivity index (χ3n) is 6.24. The van der Waals surface area contributed by atoms with Gasteiger partial charge < -0.3 is 19.7 Å². The normalized spacial score (nSPS) is 15.1. The van der Waals surface area contributed by atoms with Crippen LogP contribution in [0.3, 0.4) is 0 Å². The molecule has 1 aliphatic heterocycles. The Morgan fingerprint density at radius 2 is 1.73 bits per heavy atom. The predicted molar refractivity (Wildman–Crippen MR) is 141 cm³/mol. The highest BCUT2D eigenvalue weighted by Crippen LogP contribution is 2.21. The van der Waals surface area contributed by atoms with Crippen LogP contribution in [0.4, 0.5) is 0 Å². The highest BCUT2D eigenvalue weighted by molar-refractivity contribution is 7.89. The molecule has 0 radical (unpaired) electrons. The average Bonchev–Trinajstić information content (AvgIpc) is 2.93. The molecule has 202 valence electrons. The Morgan fingerprint density at radius 1 is 1.05 bits per heavy atom. The molecule has 0 aliphatic carbocycles. The number of amides is 2. The van der Waals surface area contributed by atoms with Crippen molar-refractivity contribution in [2.45, 2.75) is 50.6 Å². The molecule has 9 nitrogen and oxygen atoms in total. The topological polar surface area (TPSA) is 105 Å². The molecule has 0 unspecified atom stereocenters. The number of nitrogens with zero attached hydrogens (tertiary/aromatic N) is 2. The predicted octanol–water partition coefficient (Wildman–Crippen LogP) is 2.81. The molecular formula is C27H37N3O6S. The fourth-order valence-electron chi connectivity index (χ4n) is 3.97. The first kappa shape index (κ1) is 28.6. The number of unbranched alkanes of at least 4 members (excludes halogenated alkanes) is 2. The summed E-state index contributed by atoms with van der Waals surface area (Å²) in [7, 11) is -3.61. The van der Waals surface area contributed by atoms with E-state index in [-0.39, 0.29) is 29.9 Å². The Hall–Kier alpha value is -2.95. The van der Waals surface area contributed by atoms with Gasteiger partial charge in [-0.1, -0.05) is 50.1 Å². The maximum atomic E-state index is 13.2. The summed E-state index contributed by atoms with van der Waals surface area (Å²) in [5.41, 5.74) is 0.902. The largest absolute Gasteiger partial charge is 0.484 e. The van der Waals surface area contributed by atoms with E-state index in [0.717, 1.165) is 24.8 Å². The lowest BCUT2D eigenvalue weighted by molar-refractivity contribution is -0.142. The van der Waals surface area contributed by atoms with E-state index < -0.39 is 16.1 Å². The molecule has 1 fully saturated rings. The van der Waals surface area contributed by atoms with Crippen LogP contribution >= 0.6 is 0 Å². The molecule has 10 heteroatoms. The quantitative estimate of drug-likeness (QED) is 0.399. The second-order valence-electron chi connectivity index (χ2n) is 8.96. The molecule has 2 aromatic carbocycles. The third kappa shape index (κ3) is 8.28. The minimum absolute atomic E-state index is 0.159. The first-order valence-electron chi connectivity index (χ1n) is 12.7. The molecular weight excluding hydrogens is 494 g/mol. The first-order chi connectivity index (χ1) is 17.8. The molecule has 0 bridgehead atoms. The summed E-state index contributed by atoms with van der Waals surface area (Å²) in [5.74, 6) is -0.186. The molecule has 3 rings (SSSR count). The van der Waals surface area contributed by atoms with E-state index in [1.54, 1.807) is 6.92 Å². The van der Waals surface area contributed by atoms with Crippen LogP contribution in [0.25, 0.3) is 0 Å². The number of sulfonamides is 1. The number of carbonyl (C=O) groups is 2. The number of morpholine rings is 1. The maximum absolute atomic E-state index is 13.2. The molecule has 2 amide bonds. The number of hydrogen-bond acceptors (Lipinski definition) is 6. The minimum atomic E-state index is -3.61. The first-order valence-corrected chi connectivity index (χ1v) is 14.2. The van der Waals surface area contributed by atoms with E-state index >= 15 is 0 Å². The number of rotatable bonds is 13. The van der Waals surface area contributed by atoms with Gasteiger partial charge in [-0.15, -0.1) is 0 Å². The van der Waals surface area contributed by atoms with Gasteiger partial charge in [-0.05, 0) is 43.2 Å². The van der Waals surface area contributed by atoms with E-state index in [0.29, 0.717) is 38.6 Å². The van der Waals surface area contributed by atoms with Crippen molar-refractivity contribution in [1.82, 2.24) is 14.5 Å². The minimum Gasteiger partial charge on any atom is -0.484 e. The fourth-order valence-corrected chi connectivity index (χ4v) is 5.38. The van der Waals surface area contributed by atoms with Gasteiger partial charge in [0.05, 0.1) is 18.1 Å². The van der Waals surface area contributed by atoms with Crippen LogP contribution in [0, 0.1) is 0 Å². The van der Waals surface area contributed by atoms with Gasteiger partial charge in [0.25, 0.3) is 5.91 Å². The van der Waals surface area contributed by atoms with E-state index in [1.165, 1.54) is 33.5 Å². The number of benzene rings is 2. The van der Waals surface area contributed by atoms with Crippen molar-refractivity contribution >= 4 is 21.8 Å². The van der Waals surface area contributed by atoms with E-state index in [9.17, 15) is 18.0 Å². The van der Waals surface area contributed by atoms with Gasteiger partial charge in [0, 0.05) is 26.2 Å². The summed E-state index contributed by atoms with van der Waals surface area (Å²) in [6, 6.07) is 14.8. The fraction of sp³-hybridized carbons (Fsp3) is 0.481. The molecule has 0 aromatic heterocycles. The molecule has 1 aliphatic rings. The van der Waals surface area contributed by atoms with Gasteiger partial charge in [-0.3, -0.25) is 9.59 Å². The Bertz CT molecular complexity index is 1100. The standard InChI is InChI=1S/C27H37N3O6S/c1-3-4-8-15-28-27(32)22(2)30(20-23-9-6-5-7-10-23)26(31)21-36-24-11-13-25(14-12-24)37(33,34)29-16-18-35-19-17-29/h5-7,9-14,22H,3-4,8,15-21H2,1-2H3,(H,28,32)/t22-/m0/s1. The van der Waals surface area contributed by atoms with Crippen molar-refractivity contribution in [2.75, 3.05) is 39.5 Å². The maximum Gasteiger partial charge on any atom is 0.261 e. The highest BCUT2D eigenvalue weighted by atomic mass is 32.2. The number of hydrogen-bond donors (Lipinski definition) is 1. The lowest BCUT2D eigenvalue weighted by Gasteiger charge is -2.29. The van der Waals surface area contributed by atoms with Crippen LogP contribution < -0.4 is 10.1 Å². The zero-order chi connectivity index (χ0) is 26.7. The van der Waals surface area contributed by atoms with Crippen LogP contribution in [0.1, 0.15) is 38.7 Å². The van der Waals surface area contributed by atoms with Gasteiger partial charge in [-0.2, -0.15) is 4.31 Å². The Balaban J connectivity index is 1.64. The molecule has 1 N–H and O–H groups in total. The Morgan fingerprint density at radius 3 is 2.38 bits per heavy atom. The summed E-state index contributed by atoms with van der Waals surface area (Å²) in [4.78, 5) is 27.6. The molecule has 1 heterocycles. The summed E-state index contributed by atoms with van der Waals surface area (Å²) < 4.78 is 37.9. The third-order valence-corrected chi connectivity index (χ3v) is 8.15. The highest BCUT2D eigenvalue weighted by Gasteiger charge is 2.28. The van der Waals surface area contributed by atoms with Crippen LogP contribution in [0.5, 0.6) is 5.75 Å². The summed E-state index contributed by atoms with van der Waals surface area (Å²) >= 11 is 0. The van der Waals surface area contributed by atoms with Gasteiger partial charge >= 0.3 is 0 Å². The Labute approximate surface area is 219 Å². The van der Waals surface area contributed by atoms with E-state index in [1.807, 2.05) is 30.3 Å². The Kier molecular flexibility index (Phi) is 10.9. The summed E-state index contributed by atoms with van der Waals surface area (Å²) in [6.07, 6.45) is 2.98. The van der Waals surface area contributed by atoms with Gasteiger partial charge in [0.2, 0.25) is 15.9 Å². The summed E-state index contributed by atoms with van der Waals surface area (Å²) in [6.45, 7) is 5.74. The molecule has 1 saturated heterocycles. The number of nitrogens with one attached hydrogen (secondary N) is 1. The second kappa shape index (κ2) is 14.1. The van der Waals surface area contributed by atoms with E-state index in [2.05, 4.69) is 12.2 Å². The van der Waals surface area contributed by atoms with Crippen LogP contribution in [0.15, 0.2) is 59.5 Å². The van der Waals surface area contributed by atoms with Crippen LogP contribution in [-0.4, -0.2) is 74.9 Å². The molecule has 0 saturated carbocycles. The van der Waals surface area contributed by atoms with Crippen molar-refractivity contribution in [1.29, 1.82) is 0 Å². The van der Waals surface area contributed by atoms with Crippen LogP contribution in [-0.2, 0) is 30.9 Å². The van der Waals surface area contributed by atoms with Crippen molar-refractivity contribution in [3.05, 3.63) is 60.2 Å². The van der Waals surface area contributed by atoms with Gasteiger partial charge in [0.1, 0.15) is 11.8 Å². The average molecular weight is 532 g/mol. The van der Waals surface area contributed by atoms with E-state index in [4.69, 9.17) is 9.47 Å².